The van der Waals surface area contributed by atoms with Crippen molar-refractivity contribution in [1.82, 2.24) is 10.6 Å². The molecule has 2 N–H and O–H groups in total. The third kappa shape index (κ3) is 3.59. The van der Waals surface area contributed by atoms with Crippen molar-refractivity contribution in [1.29, 1.82) is 0 Å². The zero-order valence-electron chi connectivity index (χ0n) is 13.7. The number of sulfone groups is 1. The number of amides is 1. The monoisotopic (exact) mass is 360 g/mol. The highest BCUT2D eigenvalue weighted by Gasteiger charge is 2.49. The van der Waals surface area contributed by atoms with Crippen LogP contribution >= 0.6 is 0 Å². The zero-order chi connectivity index (χ0) is 18.0. The predicted octanol–water partition coefficient (Wildman–Crippen LogP) is 1.70. The van der Waals surface area contributed by atoms with Crippen LogP contribution in [0.4, 0.5) is 8.78 Å². The molecule has 0 spiro atoms. The van der Waals surface area contributed by atoms with Gasteiger partial charge in [0, 0.05) is 17.9 Å². The topological polar surface area (TPSA) is 75.3 Å². The van der Waals surface area contributed by atoms with Crippen LogP contribution in [0.15, 0.2) is 18.2 Å². The van der Waals surface area contributed by atoms with Crippen LogP contribution in [0.5, 0.6) is 0 Å². The van der Waals surface area contributed by atoms with Crippen molar-refractivity contribution in [2.45, 2.75) is 37.0 Å². The van der Waals surface area contributed by atoms with Crippen molar-refractivity contribution >= 4 is 15.7 Å². The summed E-state index contributed by atoms with van der Waals surface area (Å²) < 4.78 is 50.1. The predicted molar refractivity (Wildman–Crippen MR) is 87.2 cm³/mol. The molecule has 1 aromatic carbocycles. The lowest BCUT2D eigenvalue weighted by atomic mass is 9.94. The Balaban J connectivity index is 2.30. The fraction of sp³-hybridized carbons (Fsp3) is 0.562. The lowest BCUT2D eigenvalue weighted by Crippen LogP contribution is -2.57. The van der Waals surface area contributed by atoms with Crippen molar-refractivity contribution in [2.75, 3.05) is 19.3 Å². The first-order chi connectivity index (χ1) is 11.2. The van der Waals surface area contributed by atoms with Crippen molar-refractivity contribution < 1.29 is 22.0 Å². The molecule has 1 unspecified atom stereocenters. The SMILES string of the molecule is CCC(NC(=O)C1(S(C)(=O)=O)CCNCC1)c1ccc(F)cc1F. The van der Waals surface area contributed by atoms with Crippen LogP contribution in [0.2, 0.25) is 0 Å². The van der Waals surface area contributed by atoms with Crippen LogP contribution in [0.25, 0.3) is 0 Å². The Bertz CT molecular complexity index is 716. The van der Waals surface area contributed by atoms with Gasteiger partial charge in [-0.05, 0) is 38.4 Å². The minimum atomic E-state index is -3.65. The summed E-state index contributed by atoms with van der Waals surface area (Å²) in [5.41, 5.74) is 0.143. The number of benzene rings is 1. The minimum absolute atomic E-state index is 0.143. The highest BCUT2D eigenvalue weighted by molar-refractivity contribution is 7.92. The van der Waals surface area contributed by atoms with Crippen molar-refractivity contribution in [3.63, 3.8) is 0 Å². The molecule has 0 bridgehead atoms. The first-order valence-electron chi connectivity index (χ1n) is 7.87. The normalized spacial score (nSPS) is 18.8. The Labute approximate surface area is 140 Å². The second-order valence-corrected chi connectivity index (χ2v) is 8.44. The van der Waals surface area contributed by atoms with Gasteiger partial charge < -0.3 is 10.6 Å². The van der Waals surface area contributed by atoms with Gasteiger partial charge in [0.05, 0.1) is 6.04 Å². The number of hydrogen-bond acceptors (Lipinski definition) is 4. The van der Waals surface area contributed by atoms with Crippen LogP contribution in [0.3, 0.4) is 0 Å². The first kappa shape index (κ1) is 18.8. The lowest BCUT2D eigenvalue weighted by Gasteiger charge is -2.35. The molecule has 1 aliphatic rings. The van der Waals surface area contributed by atoms with Crippen LogP contribution in [0.1, 0.15) is 37.8 Å². The van der Waals surface area contributed by atoms with Crippen LogP contribution in [-0.4, -0.2) is 38.4 Å². The molecule has 5 nitrogen and oxygen atoms in total. The maximum Gasteiger partial charge on any atom is 0.242 e. The number of halogens is 2. The highest BCUT2D eigenvalue weighted by Crippen LogP contribution is 2.30. The second-order valence-electron chi connectivity index (χ2n) is 6.12. The Kier molecular flexibility index (Phi) is 5.59. The summed E-state index contributed by atoms with van der Waals surface area (Å²) in [5.74, 6) is -2.09. The van der Waals surface area contributed by atoms with Crippen molar-refractivity contribution in [3.8, 4) is 0 Å². The average Bonchev–Trinajstić information content (AvgIpc) is 2.52. The van der Waals surface area contributed by atoms with E-state index in [4.69, 9.17) is 0 Å². The molecule has 1 amide bonds. The third-order valence-corrected chi connectivity index (χ3v) is 6.60. The van der Waals surface area contributed by atoms with E-state index in [1.165, 1.54) is 6.07 Å². The molecule has 24 heavy (non-hydrogen) atoms. The number of hydrogen-bond donors (Lipinski definition) is 2. The van der Waals surface area contributed by atoms with E-state index in [0.29, 0.717) is 19.5 Å². The van der Waals surface area contributed by atoms with E-state index >= 15 is 0 Å². The number of carbonyl (C=O) groups excluding carboxylic acids is 1. The van der Waals surface area contributed by atoms with E-state index in [1.54, 1.807) is 6.92 Å². The van der Waals surface area contributed by atoms with E-state index < -0.39 is 38.2 Å². The van der Waals surface area contributed by atoms with E-state index in [2.05, 4.69) is 10.6 Å². The molecule has 8 heteroatoms. The number of carbonyl (C=O) groups is 1. The summed E-state index contributed by atoms with van der Waals surface area (Å²) in [4.78, 5) is 12.8. The standard InChI is InChI=1S/C16H22F2N2O3S/c1-3-14(12-5-4-11(17)10-13(12)18)20-15(21)16(24(2,22)23)6-8-19-9-7-16/h4-5,10,14,19H,3,6-9H2,1-2H3,(H,20,21). The second kappa shape index (κ2) is 7.14. The van der Waals surface area contributed by atoms with Gasteiger partial charge in [0.2, 0.25) is 5.91 Å². The van der Waals surface area contributed by atoms with E-state index in [9.17, 15) is 22.0 Å². The van der Waals surface area contributed by atoms with E-state index in [0.717, 1.165) is 18.4 Å². The Morgan fingerprint density at radius 2 is 1.96 bits per heavy atom. The Morgan fingerprint density at radius 1 is 1.33 bits per heavy atom. The van der Waals surface area contributed by atoms with Gasteiger partial charge in [-0.1, -0.05) is 13.0 Å². The van der Waals surface area contributed by atoms with Crippen LogP contribution in [0, 0.1) is 11.6 Å². The fourth-order valence-corrected chi connectivity index (χ4v) is 4.41. The maximum absolute atomic E-state index is 14.0. The quantitative estimate of drug-likeness (QED) is 0.838. The summed E-state index contributed by atoms with van der Waals surface area (Å²) in [6.45, 7) is 2.58. The minimum Gasteiger partial charge on any atom is -0.348 e. The molecule has 1 saturated heterocycles. The molecule has 134 valence electrons. The molecule has 0 saturated carbocycles. The molecular weight excluding hydrogens is 338 g/mol. The summed E-state index contributed by atoms with van der Waals surface area (Å²) in [6.07, 6.45) is 1.74. The number of nitrogens with one attached hydrogen (secondary N) is 2. The van der Waals surface area contributed by atoms with Gasteiger partial charge in [0.25, 0.3) is 0 Å². The molecule has 0 radical (unpaired) electrons. The number of rotatable bonds is 5. The molecule has 0 aromatic heterocycles. The van der Waals surface area contributed by atoms with Crippen molar-refractivity contribution in [2.24, 2.45) is 0 Å². The Morgan fingerprint density at radius 3 is 2.46 bits per heavy atom. The van der Waals surface area contributed by atoms with Gasteiger partial charge in [-0.15, -0.1) is 0 Å². The lowest BCUT2D eigenvalue weighted by molar-refractivity contribution is -0.125. The smallest absolute Gasteiger partial charge is 0.242 e. The molecule has 1 fully saturated rings. The van der Waals surface area contributed by atoms with Gasteiger partial charge in [-0.3, -0.25) is 4.79 Å². The van der Waals surface area contributed by atoms with Gasteiger partial charge in [-0.2, -0.15) is 0 Å². The molecule has 1 aromatic rings. The largest absolute Gasteiger partial charge is 0.348 e. The van der Waals surface area contributed by atoms with Gasteiger partial charge in [-0.25, -0.2) is 17.2 Å². The van der Waals surface area contributed by atoms with E-state index in [-0.39, 0.29) is 18.4 Å². The van der Waals surface area contributed by atoms with Crippen molar-refractivity contribution in [3.05, 3.63) is 35.4 Å². The Hall–Kier alpha value is -1.54. The zero-order valence-corrected chi connectivity index (χ0v) is 14.6. The molecule has 0 aliphatic carbocycles. The van der Waals surface area contributed by atoms with Crippen LogP contribution in [-0.2, 0) is 14.6 Å². The molecule has 1 atom stereocenters. The van der Waals surface area contributed by atoms with Gasteiger partial charge in [0.15, 0.2) is 14.6 Å². The summed E-state index contributed by atoms with van der Waals surface area (Å²) in [5, 5.41) is 5.69. The van der Waals surface area contributed by atoms with Gasteiger partial charge >= 0.3 is 0 Å². The summed E-state index contributed by atoms with van der Waals surface area (Å²) in [7, 11) is -3.65. The summed E-state index contributed by atoms with van der Waals surface area (Å²) >= 11 is 0. The molecular formula is C16H22F2N2O3S. The average molecular weight is 360 g/mol. The first-order valence-corrected chi connectivity index (χ1v) is 9.76. The van der Waals surface area contributed by atoms with Crippen LogP contribution < -0.4 is 10.6 Å². The molecule has 1 heterocycles. The fourth-order valence-electron chi connectivity index (χ4n) is 3.07. The summed E-state index contributed by atoms with van der Waals surface area (Å²) in [6, 6.07) is 2.42. The maximum atomic E-state index is 14.0. The van der Waals surface area contributed by atoms with Gasteiger partial charge in [0.1, 0.15) is 11.6 Å². The highest BCUT2D eigenvalue weighted by atomic mass is 32.2. The molecule has 2 rings (SSSR count). The molecule has 1 aliphatic heterocycles. The van der Waals surface area contributed by atoms with E-state index in [1.807, 2.05) is 0 Å². The number of piperidine rings is 1. The third-order valence-electron chi connectivity index (χ3n) is 4.59.